The average Bonchev–Trinajstić information content (AvgIpc) is 3.04. The Kier molecular flexibility index (Phi) is 5.11. The summed E-state index contributed by atoms with van der Waals surface area (Å²) in [6.07, 6.45) is 1.66. The molecule has 0 saturated carbocycles. The minimum absolute atomic E-state index is 0.00579. The van der Waals surface area contributed by atoms with Crippen molar-refractivity contribution < 1.29 is 4.92 Å². The van der Waals surface area contributed by atoms with Crippen LogP contribution in [-0.2, 0) is 7.05 Å². The molecule has 1 N–H and O–H groups in total. The Morgan fingerprint density at radius 1 is 1.22 bits per heavy atom. The Balaban J connectivity index is 1.97. The highest BCUT2D eigenvalue weighted by Crippen LogP contribution is 2.26. The Labute approximate surface area is 156 Å². The zero-order chi connectivity index (χ0) is 19.6. The molecule has 0 aliphatic carbocycles. The molecule has 0 radical (unpaired) electrons. The fourth-order valence-corrected chi connectivity index (χ4v) is 2.79. The Bertz CT molecular complexity index is 968. The van der Waals surface area contributed by atoms with Crippen molar-refractivity contribution >= 4 is 11.5 Å². The highest BCUT2D eigenvalue weighted by molar-refractivity contribution is 5.61. The maximum absolute atomic E-state index is 11.0. The minimum atomic E-state index is -0.429. The lowest BCUT2D eigenvalue weighted by Crippen LogP contribution is -2.21. The SMILES string of the molecule is Cc1cc(NC(c2nncn2C)C(C)C)nc(-c2cccc([N+](=O)[O-])c2)n1. The van der Waals surface area contributed by atoms with Crippen molar-refractivity contribution in [1.82, 2.24) is 24.7 Å². The Hall–Kier alpha value is -3.36. The second-order valence-corrected chi connectivity index (χ2v) is 6.69. The number of anilines is 1. The third-order valence-corrected chi connectivity index (χ3v) is 4.16. The van der Waals surface area contributed by atoms with E-state index in [1.54, 1.807) is 18.5 Å². The molecule has 1 aromatic carbocycles. The quantitative estimate of drug-likeness (QED) is 0.525. The van der Waals surface area contributed by atoms with Crippen LogP contribution >= 0.6 is 0 Å². The summed E-state index contributed by atoms with van der Waals surface area (Å²) in [6.45, 7) is 6.03. The second kappa shape index (κ2) is 7.48. The number of hydrogen-bond acceptors (Lipinski definition) is 7. The molecule has 0 spiro atoms. The van der Waals surface area contributed by atoms with E-state index < -0.39 is 4.92 Å². The standard InChI is InChI=1S/C18H21N7O2/c1-11(2)16(18-23-19-10-24(18)4)21-15-8-12(3)20-17(22-15)13-6-5-7-14(9-13)25(26)27/h5-11,16H,1-4H3,(H,20,21,22). The second-order valence-electron chi connectivity index (χ2n) is 6.69. The normalized spacial score (nSPS) is 12.2. The van der Waals surface area contributed by atoms with Gasteiger partial charge in [-0.15, -0.1) is 10.2 Å². The van der Waals surface area contributed by atoms with Crippen molar-refractivity contribution in [3.8, 4) is 11.4 Å². The zero-order valence-electron chi connectivity index (χ0n) is 15.6. The van der Waals surface area contributed by atoms with Gasteiger partial charge in [0.2, 0.25) is 0 Å². The summed E-state index contributed by atoms with van der Waals surface area (Å²) in [5, 5.41) is 22.6. The molecule has 0 amide bonds. The number of aryl methyl sites for hydroxylation is 2. The zero-order valence-corrected chi connectivity index (χ0v) is 15.6. The van der Waals surface area contributed by atoms with Gasteiger partial charge in [0.25, 0.3) is 5.69 Å². The fraction of sp³-hybridized carbons (Fsp3) is 0.333. The van der Waals surface area contributed by atoms with Gasteiger partial charge in [-0.1, -0.05) is 26.0 Å². The number of aromatic nitrogens is 5. The highest BCUT2D eigenvalue weighted by atomic mass is 16.6. The fourth-order valence-electron chi connectivity index (χ4n) is 2.79. The highest BCUT2D eigenvalue weighted by Gasteiger charge is 2.21. The number of nitrogens with one attached hydrogen (secondary N) is 1. The summed E-state index contributed by atoms with van der Waals surface area (Å²) in [6, 6.07) is 8.05. The van der Waals surface area contributed by atoms with Crippen molar-refractivity contribution in [2.75, 3.05) is 5.32 Å². The molecule has 0 aliphatic heterocycles. The van der Waals surface area contributed by atoms with Crippen LogP contribution in [0.5, 0.6) is 0 Å². The van der Waals surface area contributed by atoms with Crippen molar-refractivity contribution in [3.05, 3.63) is 58.3 Å². The van der Waals surface area contributed by atoms with Gasteiger partial charge >= 0.3 is 0 Å². The van der Waals surface area contributed by atoms with Gasteiger partial charge in [-0.3, -0.25) is 10.1 Å². The van der Waals surface area contributed by atoms with Crippen LogP contribution in [0.1, 0.15) is 31.4 Å². The Morgan fingerprint density at radius 3 is 2.63 bits per heavy atom. The van der Waals surface area contributed by atoms with E-state index in [4.69, 9.17) is 0 Å². The summed E-state index contributed by atoms with van der Waals surface area (Å²) < 4.78 is 1.87. The number of nitro benzene ring substituents is 1. The van der Waals surface area contributed by atoms with Gasteiger partial charge in [0, 0.05) is 36.5 Å². The molecule has 9 nitrogen and oxygen atoms in total. The minimum Gasteiger partial charge on any atom is -0.360 e. The summed E-state index contributed by atoms with van der Waals surface area (Å²) in [5.74, 6) is 2.11. The smallest absolute Gasteiger partial charge is 0.270 e. The number of hydrogen-bond donors (Lipinski definition) is 1. The monoisotopic (exact) mass is 367 g/mol. The maximum atomic E-state index is 11.0. The molecule has 0 saturated heterocycles. The van der Waals surface area contributed by atoms with Crippen LogP contribution in [0.3, 0.4) is 0 Å². The van der Waals surface area contributed by atoms with Gasteiger partial charge in [0.05, 0.1) is 11.0 Å². The van der Waals surface area contributed by atoms with Crippen LogP contribution < -0.4 is 5.32 Å². The first-order valence-electron chi connectivity index (χ1n) is 8.56. The summed E-state index contributed by atoms with van der Waals surface area (Å²) in [7, 11) is 1.89. The molecular weight excluding hydrogens is 346 g/mol. The van der Waals surface area contributed by atoms with E-state index >= 15 is 0 Å². The van der Waals surface area contributed by atoms with Gasteiger partial charge in [-0.25, -0.2) is 9.97 Å². The largest absolute Gasteiger partial charge is 0.360 e. The topological polar surface area (TPSA) is 112 Å². The molecule has 1 atom stereocenters. The number of nitrogens with zero attached hydrogens (tertiary/aromatic N) is 6. The number of non-ortho nitro benzene ring substituents is 1. The molecule has 2 aromatic heterocycles. The molecule has 27 heavy (non-hydrogen) atoms. The molecular formula is C18H21N7O2. The van der Waals surface area contributed by atoms with E-state index in [1.165, 1.54) is 12.1 Å². The molecule has 0 aliphatic rings. The van der Waals surface area contributed by atoms with Gasteiger partial charge in [-0.05, 0) is 12.8 Å². The first kappa shape index (κ1) is 18.4. The molecule has 0 bridgehead atoms. The molecule has 140 valence electrons. The lowest BCUT2D eigenvalue weighted by atomic mass is 10.0. The van der Waals surface area contributed by atoms with E-state index in [9.17, 15) is 10.1 Å². The average molecular weight is 367 g/mol. The van der Waals surface area contributed by atoms with Crippen LogP contribution in [0.4, 0.5) is 11.5 Å². The van der Waals surface area contributed by atoms with Crippen molar-refractivity contribution in [2.45, 2.75) is 26.8 Å². The van der Waals surface area contributed by atoms with E-state index in [1.807, 2.05) is 24.6 Å². The molecule has 3 aromatic rings. The van der Waals surface area contributed by atoms with Crippen molar-refractivity contribution in [2.24, 2.45) is 13.0 Å². The lowest BCUT2D eigenvalue weighted by Gasteiger charge is -2.22. The molecule has 1 unspecified atom stereocenters. The van der Waals surface area contributed by atoms with Crippen molar-refractivity contribution in [1.29, 1.82) is 0 Å². The van der Waals surface area contributed by atoms with E-state index in [0.717, 1.165) is 11.5 Å². The molecule has 0 fully saturated rings. The van der Waals surface area contributed by atoms with E-state index in [-0.39, 0.29) is 17.6 Å². The third-order valence-electron chi connectivity index (χ3n) is 4.16. The predicted octanol–water partition coefficient (Wildman–Crippen LogP) is 3.30. The van der Waals surface area contributed by atoms with Gasteiger partial charge in [0.1, 0.15) is 12.1 Å². The van der Waals surface area contributed by atoms with Crippen LogP contribution in [0.15, 0.2) is 36.7 Å². The van der Waals surface area contributed by atoms with Crippen LogP contribution in [-0.4, -0.2) is 29.7 Å². The third kappa shape index (κ3) is 4.08. The first-order chi connectivity index (χ1) is 12.8. The van der Waals surface area contributed by atoms with Crippen molar-refractivity contribution in [3.63, 3.8) is 0 Å². The number of rotatable bonds is 6. The molecule has 9 heteroatoms. The lowest BCUT2D eigenvalue weighted by molar-refractivity contribution is -0.384. The van der Waals surface area contributed by atoms with Crippen LogP contribution in [0.25, 0.3) is 11.4 Å². The maximum Gasteiger partial charge on any atom is 0.270 e. The van der Waals surface area contributed by atoms with Crippen LogP contribution in [0, 0.1) is 23.0 Å². The molecule has 2 heterocycles. The van der Waals surface area contributed by atoms with E-state index in [2.05, 4.69) is 39.3 Å². The molecule has 3 rings (SSSR count). The van der Waals surface area contributed by atoms with E-state index in [0.29, 0.717) is 17.2 Å². The summed E-state index contributed by atoms with van der Waals surface area (Å²) in [4.78, 5) is 19.6. The Morgan fingerprint density at radius 2 is 2.00 bits per heavy atom. The van der Waals surface area contributed by atoms with Gasteiger partial charge < -0.3 is 9.88 Å². The number of nitro groups is 1. The van der Waals surface area contributed by atoms with Crippen LogP contribution in [0.2, 0.25) is 0 Å². The first-order valence-corrected chi connectivity index (χ1v) is 8.56. The van der Waals surface area contributed by atoms with Gasteiger partial charge in [0.15, 0.2) is 11.6 Å². The van der Waals surface area contributed by atoms with Gasteiger partial charge in [-0.2, -0.15) is 0 Å². The number of benzene rings is 1. The predicted molar refractivity (Wildman–Crippen MR) is 101 cm³/mol. The summed E-state index contributed by atoms with van der Waals surface area (Å²) in [5.41, 5.74) is 1.36. The summed E-state index contributed by atoms with van der Waals surface area (Å²) >= 11 is 0.